The van der Waals surface area contributed by atoms with Gasteiger partial charge in [-0.3, -0.25) is 9.13 Å². The number of carbonyl (C=O) groups excluding carboxylic acids is 1. The zero-order valence-corrected chi connectivity index (χ0v) is 17.8. The summed E-state index contributed by atoms with van der Waals surface area (Å²) < 4.78 is 3.74. The van der Waals surface area contributed by atoms with Gasteiger partial charge in [-0.25, -0.2) is 4.79 Å². The van der Waals surface area contributed by atoms with Gasteiger partial charge < -0.3 is 9.69 Å². The fourth-order valence-electron chi connectivity index (χ4n) is 5.61. The van der Waals surface area contributed by atoms with Crippen molar-refractivity contribution in [3.8, 4) is 0 Å². The van der Waals surface area contributed by atoms with E-state index in [0.29, 0.717) is 6.54 Å². The molecule has 5 nitrogen and oxygen atoms in total. The average Bonchev–Trinajstić information content (AvgIpc) is 3.00. The monoisotopic (exact) mass is 397 g/mol. The first-order chi connectivity index (χ1) is 14.2. The van der Waals surface area contributed by atoms with Crippen molar-refractivity contribution in [3.63, 3.8) is 0 Å². The van der Waals surface area contributed by atoms with E-state index in [-0.39, 0.29) is 17.6 Å². The molecule has 2 fully saturated rings. The Morgan fingerprint density at radius 3 is 2.38 bits per heavy atom. The molecule has 1 aromatic heterocycles. The Labute approximate surface area is 173 Å². The molecule has 2 aromatic rings. The Morgan fingerprint density at radius 2 is 1.69 bits per heavy atom. The molecule has 2 heterocycles. The molecule has 0 N–H and O–H groups in total. The molecule has 2 aliphatic rings. The number of benzene rings is 1. The van der Waals surface area contributed by atoms with E-state index < -0.39 is 0 Å². The molecule has 158 valence electrons. The van der Waals surface area contributed by atoms with Crippen LogP contribution in [-0.4, -0.2) is 40.0 Å². The molecule has 1 saturated carbocycles. The van der Waals surface area contributed by atoms with Gasteiger partial charge in [0.25, 0.3) is 0 Å². The summed E-state index contributed by atoms with van der Waals surface area (Å²) in [6.45, 7) is 5.53. The van der Waals surface area contributed by atoms with Gasteiger partial charge in [0.1, 0.15) is 6.29 Å². The number of carbonyl (C=O) groups is 1. The molecule has 1 saturated heterocycles. The van der Waals surface area contributed by atoms with Gasteiger partial charge in [0.2, 0.25) is 0 Å². The quantitative estimate of drug-likeness (QED) is 0.709. The van der Waals surface area contributed by atoms with Crippen LogP contribution in [0, 0.1) is 11.8 Å². The summed E-state index contributed by atoms with van der Waals surface area (Å²) in [5.74, 6) is 0.648. The molecule has 29 heavy (non-hydrogen) atoms. The van der Waals surface area contributed by atoms with Crippen LogP contribution in [0.5, 0.6) is 0 Å². The lowest BCUT2D eigenvalue weighted by molar-refractivity contribution is -0.114. The first-order valence-electron chi connectivity index (χ1n) is 11.6. The second-order valence-corrected chi connectivity index (χ2v) is 9.01. The lowest BCUT2D eigenvalue weighted by Crippen LogP contribution is -2.46. The van der Waals surface area contributed by atoms with Gasteiger partial charge in [-0.05, 0) is 44.2 Å². The number of nitrogens with zero attached hydrogens (tertiary/aromatic N) is 3. The molecule has 2 unspecified atom stereocenters. The van der Waals surface area contributed by atoms with Gasteiger partial charge in [0.15, 0.2) is 0 Å². The van der Waals surface area contributed by atoms with E-state index >= 15 is 0 Å². The highest BCUT2D eigenvalue weighted by atomic mass is 16.2. The Hall–Kier alpha value is -1.88. The van der Waals surface area contributed by atoms with Crippen LogP contribution in [-0.2, 0) is 11.3 Å². The summed E-state index contributed by atoms with van der Waals surface area (Å²) in [7, 11) is 0. The van der Waals surface area contributed by atoms with Crippen molar-refractivity contribution in [3.05, 3.63) is 34.7 Å². The minimum Gasteiger partial charge on any atom is -0.303 e. The predicted octanol–water partition coefficient (Wildman–Crippen LogP) is 4.25. The summed E-state index contributed by atoms with van der Waals surface area (Å²) in [6.07, 6.45) is 11.5. The first kappa shape index (κ1) is 20.4. The van der Waals surface area contributed by atoms with E-state index in [0.717, 1.165) is 49.3 Å². The zero-order chi connectivity index (χ0) is 20.2. The van der Waals surface area contributed by atoms with Gasteiger partial charge >= 0.3 is 5.69 Å². The van der Waals surface area contributed by atoms with Crippen LogP contribution in [0.1, 0.15) is 64.3 Å². The third kappa shape index (κ3) is 4.20. The Morgan fingerprint density at radius 1 is 1.00 bits per heavy atom. The van der Waals surface area contributed by atoms with Crippen LogP contribution in [0.2, 0.25) is 0 Å². The van der Waals surface area contributed by atoms with E-state index in [4.69, 9.17) is 0 Å². The van der Waals surface area contributed by atoms with Crippen LogP contribution >= 0.6 is 0 Å². The van der Waals surface area contributed by atoms with Crippen molar-refractivity contribution in [2.75, 3.05) is 19.6 Å². The largest absolute Gasteiger partial charge is 0.329 e. The Kier molecular flexibility index (Phi) is 6.53. The third-order valence-corrected chi connectivity index (χ3v) is 7.14. The Bertz CT molecular complexity index is 876. The van der Waals surface area contributed by atoms with Gasteiger partial charge in [-0.15, -0.1) is 0 Å². The number of aryl methyl sites for hydroxylation is 1. The number of hydrogen-bond donors (Lipinski definition) is 0. The summed E-state index contributed by atoms with van der Waals surface area (Å²) in [4.78, 5) is 27.7. The number of aromatic nitrogens is 2. The number of para-hydroxylation sites is 2. The van der Waals surface area contributed by atoms with Crippen LogP contribution < -0.4 is 5.69 Å². The molecule has 0 amide bonds. The molecule has 4 rings (SSSR count). The van der Waals surface area contributed by atoms with Crippen molar-refractivity contribution in [2.24, 2.45) is 11.8 Å². The number of likely N-dealkylation sites (tertiary alicyclic amines) is 1. The summed E-state index contributed by atoms with van der Waals surface area (Å²) in [6, 6.07) is 7.96. The van der Waals surface area contributed by atoms with Gasteiger partial charge in [-0.1, -0.05) is 44.2 Å². The van der Waals surface area contributed by atoms with Crippen LogP contribution in [0.3, 0.4) is 0 Å². The lowest BCUT2D eigenvalue weighted by Gasteiger charge is -2.38. The molecule has 0 spiro atoms. The topological polar surface area (TPSA) is 47.2 Å². The maximum Gasteiger partial charge on any atom is 0.329 e. The Balaban J connectivity index is 1.53. The van der Waals surface area contributed by atoms with Crippen molar-refractivity contribution in [1.29, 1.82) is 0 Å². The molecule has 5 heteroatoms. The maximum absolute atomic E-state index is 13.1. The maximum atomic E-state index is 13.1. The fraction of sp³-hybridized carbons (Fsp3) is 0.667. The highest BCUT2D eigenvalue weighted by molar-refractivity contribution is 5.76. The molecule has 0 radical (unpaired) electrons. The number of piperidine rings is 1. The minimum absolute atomic E-state index is 0.0269. The highest BCUT2D eigenvalue weighted by Gasteiger charge is 2.33. The molecular weight excluding hydrogens is 362 g/mol. The molecule has 0 bridgehead atoms. The van der Waals surface area contributed by atoms with Crippen molar-refractivity contribution in [1.82, 2.24) is 14.0 Å². The molecule has 1 aliphatic carbocycles. The van der Waals surface area contributed by atoms with E-state index in [1.165, 1.54) is 44.9 Å². The number of rotatable bonds is 5. The van der Waals surface area contributed by atoms with Crippen LogP contribution in [0.15, 0.2) is 29.1 Å². The number of fused-ring (bicyclic) bond motifs is 1. The average molecular weight is 398 g/mol. The van der Waals surface area contributed by atoms with E-state index in [1.54, 1.807) is 0 Å². The standard InChI is InChI=1S/C24H35N3O2/c1-2-26-22-12-8-9-13-23(22)27(24(26)29)21-14-15-25(17-20(21)18-28)16-19-10-6-4-3-5-7-11-19/h8-9,12-13,18-21H,2-7,10-11,14-17H2,1H3. The molecular formula is C24H35N3O2. The zero-order valence-electron chi connectivity index (χ0n) is 17.8. The summed E-state index contributed by atoms with van der Waals surface area (Å²) in [5.41, 5.74) is 1.96. The smallest absolute Gasteiger partial charge is 0.303 e. The normalized spacial score (nSPS) is 25.0. The SMILES string of the molecule is CCn1c(=O)n(C2CCN(CC3CCCCCCC3)CC2C=O)c2ccccc21. The van der Waals surface area contributed by atoms with Gasteiger partial charge in [0, 0.05) is 32.1 Å². The van der Waals surface area contributed by atoms with E-state index in [9.17, 15) is 9.59 Å². The first-order valence-corrected chi connectivity index (χ1v) is 11.6. The second-order valence-electron chi connectivity index (χ2n) is 9.01. The second kappa shape index (κ2) is 9.29. The van der Waals surface area contributed by atoms with Gasteiger partial charge in [-0.2, -0.15) is 0 Å². The van der Waals surface area contributed by atoms with Crippen molar-refractivity contribution < 1.29 is 4.79 Å². The molecule has 1 aromatic carbocycles. The van der Waals surface area contributed by atoms with Crippen molar-refractivity contribution >= 4 is 17.3 Å². The van der Waals surface area contributed by atoms with Crippen molar-refractivity contribution in [2.45, 2.75) is 70.9 Å². The summed E-state index contributed by atoms with van der Waals surface area (Å²) >= 11 is 0. The highest BCUT2D eigenvalue weighted by Crippen LogP contribution is 2.31. The minimum atomic E-state index is -0.119. The van der Waals surface area contributed by atoms with E-state index in [2.05, 4.69) is 4.90 Å². The lowest BCUT2D eigenvalue weighted by atomic mass is 9.88. The van der Waals surface area contributed by atoms with Gasteiger partial charge in [0.05, 0.1) is 17.1 Å². The van der Waals surface area contributed by atoms with Crippen LogP contribution in [0.4, 0.5) is 0 Å². The molecule has 2 atom stereocenters. The fourth-order valence-corrected chi connectivity index (χ4v) is 5.61. The van der Waals surface area contributed by atoms with E-state index in [1.807, 2.05) is 40.3 Å². The predicted molar refractivity (Wildman–Crippen MR) is 117 cm³/mol. The number of hydrogen-bond acceptors (Lipinski definition) is 3. The molecule has 1 aliphatic heterocycles. The number of aldehydes is 1. The van der Waals surface area contributed by atoms with Crippen LogP contribution in [0.25, 0.3) is 11.0 Å². The number of imidazole rings is 1. The summed E-state index contributed by atoms with van der Waals surface area (Å²) in [5, 5.41) is 0. The third-order valence-electron chi connectivity index (χ3n) is 7.14.